The van der Waals surface area contributed by atoms with Gasteiger partial charge in [0, 0.05) is 12.6 Å². The van der Waals surface area contributed by atoms with Crippen LogP contribution in [0.15, 0.2) is 18.2 Å². The number of carboxylic acids is 1. The number of fused-ring (bicyclic) bond motifs is 2. The third kappa shape index (κ3) is 3.22. The molecule has 1 aromatic carbocycles. The van der Waals surface area contributed by atoms with Crippen molar-refractivity contribution in [1.29, 1.82) is 0 Å². The first-order valence-electron chi connectivity index (χ1n) is 8.01. The number of halogens is 3. The highest BCUT2D eigenvalue weighted by Crippen LogP contribution is 2.48. The maximum atomic E-state index is 13.0. The summed E-state index contributed by atoms with van der Waals surface area (Å²) < 4.78 is 43.8. The summed E-state index contributed by atoms with van der Waals surface area (Å²) in [6.45, 7) is 0.192. The van der Waals surface area contributed by atoms with Gasteiger partial charge in [-0.2, -0.15) is 13.2 Å². The lowest BCUT2D eigenvalue weighted by atomic mass is 9.84. The number of alkyl halides is 3. The molecule has 0 aromatic heterocycles. The van der Waals surface area contributed by atoms with Crippen LogP contribution in [0.25, 0.3) is 0 Å². The summed E-state index contributed by atoms with van der Waals surface area (Å²) in [7, 11) is 1.32. The lowest BCUT2D eigenvalue weighted by Crippen LogP contribution is -2.43. The topological polar surface area (TPSA) is 58.6 Å². The van der Waals surface area contributed by atoms with E-state index in [4.69, 9.17) is 4.74 Å². The van der Waals surface area contributed by atoms with Gasteiger partial charge in [0.1, 0.15) is 5.75 Å². The van der Waals surface area contributed by atoms with E-state index in [2.05, 4.69) is 5.32 Å². The van der Waals surface area contributed by atoms with Gasteiger partial charge in [-0.05, 0) is 54.9 Å². The van der Waals surface area contributed by atoms with Crippen LogP contribution in [0.1, 0.15) is 30.4 Å². The summed E-state index contributed by atoms with van der Waals surface area (Å²) in [5.74, 6) is -0.646. The summed E-state index contributed by atoms with van der Waals surface area (Å²) in [4.78, 5) is 11.5. The molecule has 0 amide bonds. The number of methoxy groups -OCH3 is 1. The molecular formula is C17H20F3NO3. The van der Waals surface area contributed by atoms with E-state index in [1.54, 1.807) is 6.07 Å². The second-order valence-corrected chi connectivity index (χ2v) is 6.67. The highest BCUT2D eigenvalue weighted by molar-refractivity contribution is 5.72. The molecule has 3 rings (SSSR count). The summed E-state index contributed by atoms with van der Waals surface area (Å²) >= 11 is 0. The van der Waals surface area contributed by atoms with Gasteiger partial charge in [0.15, 0.2) is 0 Å². The molecule has 0 unspecified atom stereocenters. The van der Waals surface area contributed by atoms with Crippen LogP contribution in [-0.2, 0) is 17.5 Å². The predicted molar refractivity (Wildman–Crippen MR) is 80.6 cm³/mol. The molecule has 2 N–H and O–H groups in total. The van der Waals surface area contributed by atoms with Crippen LogP contribution >= 0.6 is 0 Å². The third-order valence-corrected chi connectivity index (χ3v) is 5.27. The Morgan fingerprint density at radius 1 is 1.29 bits per heavy atom. The first-order chi connectivity index (χ1) is 11.3. The number of nitrogens with one attached hydrogen (secondary N) is 1. The molecule has 132 valence electrons. The molecule has 1 aromatic rings. The maximum absolute atomic E-state index is 13.0. The first kappa shape index (κ1) is 17.1. The fourth-order valence-corrected chi connectivity index (χ4v) is 4.22. The van der Waals surface area contributed by atoms with Crippen LogP contribution in [0.2, 0.25) is 0 Å². The molecule has 4 atom stereocenters. The molecule has 2 aliphatic carbocycles. The van der Waals surface area contributed by atoms with Crippen molar-refractivity contribution in [3.05, 3.63) is 29.3 Å². The van der Waals surface area contributed by atoms with Crippen molar-refractivity contribution in [3.63, 3.8) is 0 Å². The molecule has 2 fully saturated rings. The van der Waals surface area contributed by atoms with Crippen molar-refractivity contribution < 1.29 is 27.8 Å². The van der Waals surface area contributed by atoms with Crippen LogP contribution in [0.3, 0.4) is 0 Å². The van der Waals surface area contributed by atoms with Gasteiger partial charge < -0.3 is 15.2 Å². The zero-order valence-electron chi connectivity index (χ0n) is 13.3. The number of hydrogen-bond donors (Lipinski definition) is 2. The molecule has 2 aliphatic rings. The van der Waals surface area contributed by atoms with Crippen LogP contribution in [0.5, 0.6) is 5.75 Å². The van der Waals surface area contributed by atoms with E-state index < -0.39 is 23.6 Å². The normalized spacial score (nSPS) is 29.0. The van der Waals surface area contributed by atoms with Crippen molar-refractivity contribution >= 4 is 5.97 Å². The number of rotatable bonds is 5. The Morgan fingerprint density at radius 2 is 2.00 bits per heavy atom. The first-order valence-corrected chi connectivity index (χ1v) is 8.01. The number of aliphatic carboxylic acids is 1. The molecule has 4 nitrogen and oxygen atoms in total. The maximum Gasteiger partial charge on any atom is 0.416 e. The monoisotopic (exact) mass is 343 g/mol. The minimum Gasteiger partial charge on any atom is -0.497 e. The van der Waals surface area contributed by atoms with Gasteiger partial charge in [-0.25, -0.2) is 0 Å². The highest BCUT2D eigenvalue weighted by atomic mass is 19.4. The minimum absolute atomic E-state index is 0.143. The van der Waals surface area contributed by atoms with Gasteiger partial charge in [-0.15, -0.1) is 0 Å². The lowest BCUT2D eigenvalue weighted by Gasteiger charge is -2.29. The number of hydrogen-bond acceptors (Lipinski definition) is 3. The van der Waals surface area contributed by atoms with Crippen molar-refractivity contribution in [2.45, 2.75) is 38.0 Å². The molecular weight excluding hydrogens is 323 g/mol. The van der Waals surface area contributed by atoms with Gasteiger partial charge in [0.25, 0.3) is 0 Å². The van der Waals surface area contributed by atoms with Gasteiger partial charge in [-0.3, -0.25) is 4.79 Å². The second-order valence-electron chi connectivity index (χ2n) is 6.67. The van der Waals surface area contributed by atoms with Crippen molar-refractivity contribution in [1.82, 2.24) is 5.32 Å². The molecule has 2 saturated carbocycles. The van der Waals surface area contributed by atoms with E-state index in [1.807, 2.05) is 0 Å². The molecule has 0 radical (unpaired) electrons. The van der Waals surface area contributed by atoms with Gasteiger partial charge in [0.2, 0.25) is 0 Å². The van der Waals surface area contributed by atoms with Crippen LogP contribution in [-0.4, -0.2) is 24.2 Å². The van der Waals surface area contributed by atoms with E-state index in [-0.39, 0.29) is 24.3 Å². The zero-order valence-corrected chi connectivity index (χ0v) is 13.3. The Kier molecular flexibility index (Phi) is 4.46. The molecule has 7 heteroatoms. The minimum atomic E-state index is -4.45. The summed E-state index contributed by atoms with van der Waals surface area (Å²) in [6.07, 6.45) is -1.64. The zero-order chi connectivity index (χ0) is 17.5. The fourth-order valence-electron chi connectivity index (χ4n) is 4.22. The van der Waals surface area contributed by atoms with E-state index in [9.17, 15) is 23.1 Å². The number of carbonyl (C=O) groups is 1. The molecule has 0 saturated heterocycles. The Hall–Kier alpha value is -1.76. The summed E-state index contributed by atoms with van der Waals surface area (Å²) in [6, 6.07) is 3.41. The van der Waals surface area contributed by atoms with E-state index in [1.165, 1.54) is 7.11 Å². The summed E-state index contributed by atoms with van der Waals surface area (Å²) in [5, 5.41) is 12.6. The number of benzene rings is 1. The fraction of sp³-hybridized carbons (Fsp3) is 0.588. The molecule has 2 bridgehead atoms. The SMILES string of the molecule is COc1cc(CN[C@H]2[C@@H]3CC[C@@H](C3)[C@H]2C(=O)O)cc(C(F)(F)F)c1. The van der Waals surface area contributed by atoms with Gasteiger partial charge in [0.05, 0.1) is 18.6 Å². The van der Waals surface area contributed by atoms with Crippen molar-refractivity contribution in [2.75, 3.05) is 7.11 Å². The molecule has 24 heavy (non-hydrogen) atoms. The second kappa shape index (κ2) is 6.27. The van der Waals surface area contributed by atoms with E-state index in [0.29, 0.717) is 11.5 Å². The Bertz CT molecular complexity index is 632. The Morgan fingerprint density at radius 3 is 2.62 bits per heavy atom. The van der Waals surface area contributed by atoms with Crippen LogP contribution in [0.4, 0.5) is 13.2 Å². The third-order valence-electron chi connectivity index (χ3n) is 5.27. The Labute approximate surface area is 138 Å². The molecule has 0 spiro atoms. The van der Waals surface area contributed by atoms with Crippen LogP contribution < -0.4 is 10.1 Å². The van der Waals surface area contributed by atoms with Crippen LogP contribution in [0, 0.1) is 17.8 Å². The lowest BCUT2D eigenvalue weighted by molar-refractivity contribution is -0.144. The van der Waals surface area contributed by atoms with Crippen molar-refractivity contribution in [2.24, 2.45) is 17.8 Å². The van der Waals surface area contributed by atoms with E-state index in [0.717, 1.165) is 31.4 Å². The summed E-state index contributed by atoms with van der Waals surface area (Å²) in [5.41, 5.74) is -0.324. The van der Waals surface area contributed by atoms with Gasteiger partial charge >= 0.3 is 12.1 Å². The number of ether oxygens (including phenoxy) is 1. The quantitative estimate of drug-likeness (QED) is 0.861. The predicted octanol–water partition coefficient (Wildman–Crippen LogP) is 3.30. The molecule has 0 heterocycles. The van der Waals surface area contributed by atoms with E-state index >= 15 is 0 Å². The average molecular weight is 343 g/mol. The largest absolute Gasteiger partial charge is 0.497 e. The standard InChI is InChI=1S/C17H20F3NO3/c1-24-13-5-9(4-12(7-13)17(18,19)20)8-21-15-11-3-2-10(6-11)14(15)16(22)23/h4-5,7,10-11,14-15,21H,2-3,6,8H2,1H3,(H,22,23)/t10-,11+,14+,15-/m0/s1. The Balaban J connectivity index is 1.75. The van der Waals surface area contributed by atoms with Gasteiger partial charge in [-0.1, -0.05) is 0 Å². The molecule has 0 aliphatic heterocycles. The number of carboxylic acid groups (broad SMARTS) is 1. The highest BCUT2D eigenvalue weighted by Gasteiger charge is 2.50. The van der Waals surface area contributed by atoms with Crippen molar-refractivity contribution in [3.8, 4) is 5.75 Å². The smallest absolute Gasteiger partial charge is 0.416 e. The average Bonchev–Trinajstić information content (AvgIpc) is 3.12.